The van der Waals surface area contributed by atoms with Crippen LogP contribution in [-0.2, 0) is 0 Å². The number of nitrogens with zero attached hydrogens (tertiary/aromatic N) is 3. The van der Waals surface area contributed by atoms with Gasteiger partial charge in [0.05, 0.1) is 5.52 Å². The van der Waals surface area contributed by atoms with Gasteiger partial charge in [0.2, 0.25) is 0 Å². The average Bonchev–Trinajstić information content (AvgIpc) is 2.35. The van der Waals surface area contributed by atoms with Crippen LogP contribution in [0.2, 0.25) is 0 Å². The van der Waals surface area contributed by atoms with Crippen molar-refractivity contribution in [3.63, 3.8) is 0 Å². The van der Waals surface area contributed by atoms with Gasteiger partial charge in [0.25, 0.3) is 0 Å². The maximum Gasteiger partial charge on any atom is 0.321 e. The zero-order valence-corrected chi connectivity index (χ0v) is 9.55. The Morgan fingerprint density at radius 1 is 1.35 bits per heavy atom. The summed E-state index contributed by atoms with van der Waals surface area (Å²) in [5.74, 6) is 0. The lowest BCUT2D eigenvalue weighted by molar-refractivity contribution is 0.242. The Morgan fingerprint density at radius 3 is 3.00 bits per heavy atom. The Bertz CT molecular complexity index is 726. The maximum atomic E-state index is 11.1. The number of benzene rings is 1. The minimum absolute atomic E-state index is 0.223. The van der Waals surface area contributed by atoms with Crippen LogP contribution in [0.25, 0.3) is 17.1 Å². The van der Waals surface area contributed by atoms with Crippen LogP contribution in [0.15, 0.2) is 35.3 Å². The van der Waals surface area contributed by atoms with Gasteiger partial charge in [-0.15, -0.1) is 0 Å². The third-order valence-corrected chi connectivity index (χ3v) is 2.84. The van der Waals surface area contributed by atoms with Crippen LogP contribution in [0.5, 0.6) is 0 Å². The van der Waals surface area contributed by atoms with E-state index in [0.717, 1.165) is 16.1 Å². The average molecular weight is 246 g/mol. The normalized spacial score (nSPS) is 13.8. The Kier molecular flexibility index (Phi) is 2.30. The number of carbonyl (C=O) groups is 1. The lowest BCUT2D eigenvalue weighted by Gasteiger charge is -2.14. The van der Waals surface area contributed by atoms with Gasteiger partial charge in [0.15, 0.2) is 5.49 Å². The zero-order valence-electron chi connectivity index (χ0n) is 8.80. The van der Waals surface area contributed by atoms with Gasteiger partial charge in [-0.1, -0.05) is 18.2 Å². The van der Waals surface area contributed by atoms with Crippen molar-refractivity contribution in [1.29, 1.82) is 0 Å². The van der Waals surface area contributed by atoms with Crippen LogP contribution in [0.4, 0.5) is 4.79 Å². The van der Waals surface area contributed by atoms with Crippen molar-refractivity contribution in [2.45, 2.75) is 0 Å². The van der Waals surface area contributed by atoms with E-state index >= 15 is 0 Å². The van der Waals surface area contributed by atoms with Crippen molar-refractivity contribution in [1.82, 2.24) is 9.88 Å². The summed E-state index contributed by atoms with van der Waals surface area (Å²) >= 11 is 5.42. The summed E-state index contributed by atoms with van der Waals surface area (Å²) in [6.07, 6.45) is 1.68. The first-order valence-corrected chi connectivity index (χ1v) is 5.50. The molecule has 1 aliphatic rings. The highest BCUT2D eigenvalue weighted by Gasteiger charge is 2.10. The highest BCUT2D eigenvalue weighted by atomic mass is 35.5. The van der Waals surface area contributed by atoms with Gasteiger partial charge in [-0.3, -0.25) is 9.69 Å². The minimum Gasteiger partial charge on any atom is -0.285 e. The summed E-state index contributed by atoms with van der Waals surface area (Å²) in [5.41, 5.74) is 1.55. The van der Waals surface area contributed by atoms with E-state index in [0.29, 0.717) is 5.49 Å². The van der Waals surface area contributed by atoms with Crippen LogP contribution in [0, 0.1) is 0 Å². The summed E-state index contributed by atoms with van der Waals surface area (Å²) in [4.78, 5) is 21.1. The molecular weight excluding hydrogens is 238 g/mol. The number of aromatic nitrogens is 1. The molecule has 0 N–H and O–H groups in total. The first kappa shape index (κ1) is 10.2. The Hall–Kier alpha value is -1.94. The number of pyridine rings is 1. The fourth-order valence-electron chi connectivity index (χ4n) is 1.80. The van der Waals surface area contributed by atoms with Gasteiger partial charge in [-0.05, 0) is 23.7 Å². The predicted molar refractivity (Wildman–Crippen MR) is 64.9 cm³/mol. The number of hydrogen-bond acceptors (Lipinski definition) is 3. The Balaban J connectivity index is 2.30. The second-order valence-corrected chi connectivity index (χ2v) is 4.07. The summed E-state index contributed by atoms with van der Waals surface area (Å²) in [6, 6.07) is 9.74. The predicted octanol–water partition coefficient (Wildman–Crippen LogP) is 1.22. The first-order chi connectivity index (χ1) is 8.24. The van der Waals surface area contributed by atoms with Gasteiger partial charge in [-0.25, -0.2) is 9.98 Å². The lowest BCUT2D eigenvalue weighted by Crippen LogP contribution is -2.38. The number of para-hydroxylation sites is 1. The number of halogens is 1. The quantitative estimate of drug-likeness (QED) is 0.518. The molecule has 1 amide bonds. The second-order valence-electron chi connectivity index (χ2n) is 3.75. The highest BCUT2D eigenvalue weighted by molar-refractivity contribution is 6.63. The molecule has 0 radical (unpaired) electrons. The number of hydrogen-bond donors (Lipinski definition) is 0. The largest absolute Gasteiger partial charge is 0.321 e. The molecule has 1 aliphatic heterocycles. The van der Waals surface area contributed by atoms with Crippen molar-refractivity contribution < 1.29 is 4.79 Å². The smallest absolute Gasteiger partial charge is 0.285 e. The molecule has 4 nitrogen and oxygen atoms in total. The van der Waals surface area contributed by atoms with Crippen LogP contribution < -0.4 is 10.7 Å². The molecule has 1 aromatic heterocycles. The van der Waals surface area contributed by atoms with E-state index in [4.69, 9.17) is 11.6 Å². The van der Waals surface area contributed by atoms with E-state index in [1.165, 1.54) is 4.90 Å². The van der Waals surface area contributed by atoms with Crippen LogP contribution in [-0.4, -0.2) is 21.9 Å². The molecule has 2 heterocycles. The van der Waals surface area contributed by atoms with Gasteiger partial charge in [0.1, 0.15) is 6.67 Å². The molecule has 0 atom stereocenters. The number of amides is 1. The molecule has 2 aromatic rings. The molecule has 0 saturated heterocycles. The Morgan fingerprint density at radius 2 is 2.18 bits per heavy atom. The minimum atomic E-state index is -0.535. The van der Waals surface area contributed by atoms with E-state index in [2.05, 4.69) is 9.98 Å². The molecule has 0 bridgehead atoms. The van der Waals surface area contributed by atoms with Crippen LogP contribution >= 0.6 is 11.6 Å². The van der Waals surface area contributed by atoms with Gasteiger partial charge < -0.3 is 0 Å². The number of rotatable bonds is 0. The maximum absolute atomic E-state index is 11.1. The molecule has 0 saturated carbocycles. The molecule has 0 unspecified atom stereocenters. The number of fused-ring (bicyclic) bond motifs is 2. The summed E-state index contributed by atoms with van der Waals surface area (Å²) in [5, 5.41) is 1.29. The van der Waals surface area contributed by atoms with Gasteiger partial charge in [-0.2, -0.15) is 0 Å². The summed E-state index contributed by atoms with van der Waals surface area (Å²) in [6.45, 7) is 0.223. The lowest BCUT2D eigenvalue weighted by atomic mass is 10.2. The van der Waals surface area contributed by atoms with E-state index in [9.17, 15) is 4.79 Å². The first-order valence-electron chi connectivity index (χ1n) is 5.12. The topological polar surface area (TPSA) is 45.6 Å². The molecule has 0 spiro atoms. The monoisotopic (exact) mass is 245 g/mol. The molecule has 5 heteroatoms. The highest BCUT2D eigenvalue weighted by Crippen LogP contribution is 2.06. The molecular formula is C12H8ClN3O. The van der Waals surface area contributed by atoms with Crippen molar-refractivity contribution in [3.05, 3.63) is 41.0 Å². The second kappa shape index (κ2) is 3.82. The van der Waals surface area contributed by atoms with Gasteiger partial charge >= 0.3 is 5.37 Å². The van der Waals surface area contributed by atoms with E-state index in [-0.39, 0.29) is 6.67 Å². The van der Waals surface area contributed by atoms with E-state index in [1.54, 1.807) is 6.20 Å². The Labute approximate surface area is 102 Å². The van der Waals surface area contributed by atoms with Crippen molar-refractivity contribution >= 4 is 34.1 Å². The molecule has 3 rings (SSSR count). The van der Waals surface area contributed by atoms with Crippen molar-refractivity contribution in [3.8, 4) is 0 Å². The fourth-order valence-corrected chi connectivity index (χ4v) is 1.90. The molecule has 84 valence electrons. The molecule has 1 aromatic carbocycles. The fraction of sp³-hybridized carbons (Fsp3) is 0.0833. The van der Waals surface area contributed by atoms with E-state index < -0.39 is 5.37 Å². The summed E-state index contributed by atoms with van der Waals surface area (Å²) in [7, 11) is 0. The summed E-state index contributed by atoms with van der Waals surface area (Å²) < 4.78 is 0. The van der Waals surface area contributed by atoms with Crippen LogP contribution in [0.3, 0.4) is 0 Å². The molecule has 0 aliphatic carbocycles. The third kappa shape index (κ3) is 1.76. The molecule has 17 heavy (non-hydrogen) atoms. The SMILES string of the molecule is O=C(Cl)N1C=c2cc3ccccc3nc2=NC1. The van der Waals surface area contributed by atoms with Crippen LogP contribution in [0.1, 0.15) is 0 Å². The standard InChI is InChI=1S/C12H8ClN3O/c13-12(17)16-6-9-5-8-3-1-2-4-10(8)15-11(9)14-7-16/h1-6H,7H2. The zero-order chi connectivity index (χ0) is 11.8. The molecule has 0 fully saturated rings. The van der Waals surface area contributed by atoms with Crippen molar-refractivity contribution in [2.75, 3.05) is 6.67 Å². The number of carbonyl (C=O) groups excluding carboxylic acids is 1. The van der Waals surface area contributed by atoms with Crippen molar-refractivity contribution in [2.24, 2.45) is 4.99 Å². The van der Waals surface area contributed by atoms with E-state index in [1.807, 2.05) is 30.3 Å². The third-order valence-electron chi connectivity index (χ3n) is 2.63. The van der Waals surface area contributed by atoms with Gasteiger partial charge in [0, 0.05) is 16.8 Å².